The summed E-state index contributed by atoms with van der Waals surface area (Å²) in [6.45, 7) is 5.29. The number of aromatic nitrogens is 1. The predicted molar refractivity (Wildman–Crippen MR) is 92.1 cm³/mol. The van der Waals surface area contributed by atoms with Gasteiger partial charge in [-0.25, -0.2) is 0 Å². The van der Waals surface area contributed by atoms with E-state index in [2.05, 4.69) is 10.5 Å². The van der Waals surface area contributed by atoms with Gasteiger partial charge in [-0.1, -0.05) is 35.5 Å². The molecule has 2 heterocycles. The molecule has 0 radical (unpaired) electrons. The van der Waals surface area contributed by atoms with Gasteiger partial charge >= 0.3 is 0 Å². The van der Waals surface area contributed by atoms with Gasteiger partial charge in [-0.3, -0.25) is 4.79 Å². The highest BCUT2D eigenvalue weighted by molar-refractivity contribution is 5.79. The minimum absolute atomic E-state index is 0.0467. The first kappa shape index (κ1) is 17.6. The SMILES string of the molecule is Cc1noc(C)c1CC(=O)N[C@@H]1CCOC[C@H]1OCc1ccccc1. The van der Waals surface area contributed by atoms with Crippen molar-refractivity contribution in [3.8, 4) is 0 Å². The van der Waals surface area contributed by atoms with Crippen molar-refractivity contribution in [2.45, 2.75) is 45.4 Å². The minimum atomic E-state index is -0.150. The fourth-order valence-corrected chi connectivity index (χ4v) is 2.99. The number of benzene rings is 1. The van der Waals surface area contributed by atoms with Crippen LogP contribution in [0.1, 0.15) is 29.0 Å². The first-order valence-corrected chi connectivity index (χ1v) is 8.58. The van der Waals surface area contributed by atoms with Crippen molar-refractivity contribution in [1.82, 2.24) is 10.5 Å². The molecule has 0 unspecified atom stereocenters. The molecule has 3 rings (SSSR count). The van der Waals surface area contributed by atoms with Crippen molar-refractivity contribution >= 4 is 5.91 Å². The van der Waals surface area contributed by atoms with E-state index in [1.54, 1.807) is 0 Å². The quantitative estimate of drug-likeness (QED) is 0.871. The Bertz CT molecular complexity index is 679. The number of nitrogens with one attached hydrogen (secondary N) is 1. The lowest BCUT2D eigenvalue weighted by Gasteiger charge is -2.32. The molecule has 1 aliphatic rings. The van der Waals surface area contributed by atoms with Crippen LogP contribution in [0.4, 0.5) is 0 Å². The van der Waals surface area contributed by atoms with Crippen molar-refractivity contribution < 1.29 is 18.8 Å². The molecule has 1 amide bonds. The lowest BCUT2D eigenvalue weighted by molar-refractivity contribution is -0.126. The molecule has 1 aromatic carbocycles. The minimum Gasteiger partial charge on any atom is -0.379 e. The van der Waals surface area contributed by atoms with E-state index >= 15 is 0 Å². The van der Waals surface area contributed by atoms with Gasteiger partial charge in [0.2, 0.25) is 5.91 Å². The number of carbonyl (C=O) groups excluding carboxylic acids is 1. The zero-order valence-corrected chi connectivity index (χ0v) is 14.7. The molecule has 0 bridgehead atoms. The Morgan fingerprint density at radius 2 is 2.12 bits per heavy atom. The van der Waals surface area contributed by atoms with Gasteiger partial charge in [0.1, 0.15) is 11.9 Å². The Morgan fingerprint density at radius 3 is 2.84 bits per heavy atom. The Morgan fingerprint density at radius 1 is 1.32 bits per heavy atom. The maximum atomic E-state index is 12.4. The van der Waals surface area contributed by atoms with E-state index in [9.17, 15) is 4.79 Å². The number of aryl methyl sites for hydroxylation is 2. The standard InChI is InChI=1S/C19H24N2O4/c1-13-16(14(2)25-21-13)10-19(22)20-17-8-9-23-12-18(17)24-11-15-6-4-3-5-7-15/h3-7,17-18H,8-12H2,1-2H3,(H,20,22)/t17-,18-/m1/s1. The van der Waals surface area contributed by atoms with E-state index < -0.39 is 0 Å². The van der Waals surface area contributed by atoms with E-state index in [1.807, 2.05) is 44.2 Å². The highest BCUT2D eigenvalue weighted by Crippen LogP contribution is 2.16. The van der Waals surface area contributed by atoms with Crippen LogP contribution in [0.25, 0.3) is 0 Å². The van der Waals surface area contributed by atoms with E-state index in [-0.39, 0.29) is 24.5 Å². The summed E-state index contributed by atoms with van der Waals surface area (Å²) in [5.41, 5.74) is 2.72. The molecule has 2 aromatic rings. The highest BCUT2D eigenvalue weighted by atomic mass is 16.5. The van der Waals surface area contributed by atoms with E-state index in [0.29, 0.717) is 25.6 Å². The summed E-state index contributed by atoms with van der Waals surface area (Å²) in [5.74, 6) is 0.645. The van der Waals surface area contributed by atoms with Crippen LogP contribution in [0.15, 0.2) is 34.9 Å². The third-order valence-electron chi connectivity index (χ3n) is 4.48. The molecule has 1 fully saturated rings. The molecule has 0 saturated carbocycles. The van der Waals surface area contributed by atoms with Crippen molar-refractivity contribution in [3.63, 3.8) is 0 Å². The van der Waals surface area contributed by atoms with Gasteiger partial charge in [0.15, 0.2) is 0 Å². The Kier molecular flexibility index (Phi) is 5.83. The Hall–Kier alpha value is -2.18. The second-order valence-electron chi connectivity index (χ2n) is 6.35. The second kappa shape index (κ2) is 8.27. The van der Waals surface area contributed by atoms with Crippen molar-refractivity contribution in [1.29, 1.82) is 0 Å². The molecule has 2 atom stereocenters. The molecule has 1 N–H and O–H groups in total. The van der Waals surface area contributed by atoms with Gasteiger partial charge < -0.3 is 19.3 Å². The van der Waals surface area contributed by atoms with E-state index in [1.165, 1.54) is 0 Å². The monoisotopic (exact) mass is 344 g/mol. The van der Waals surface area contributed by atoms with Crippen LogP contribution < -0.4 is 5.32 Å². The lowest BCUT2D eigenvalue weighted by atomic mass is 10.0. The highest BCUT2D eigenvalue weighted by Gasteiger charge is 2.28. The molecule has 134 valence electrons. The maximum Gasteiger partial charge on any atom is 0.224 e. The summed E-state index contributed by atoms with van der Waals surface area (Å²) < 4.78 is 16.6. The van der Waals surface area contributed by atoms with Crippen molar-refractivity contribution in [2.24, 2.45) is 0 Å². The van der Waals surface area contributed by atoms with Gasteiger partial charge in [0.25, 0.3) is 0 Å². The molecule has 0 spiro atoms. The number of hydrogen-bond donors (Lipinski definition) is 1. The first-order chi connectivity index (χ1) is 12.1. The van der Waals surface area contributed by atoms with Gasteiger partial charge in [-0.15, -0.1) is 0 Å². The largest absolute Gasteiger partial charge is 0.379 e. The van der Waals surface area contributed by atoms with Crippen LogP contribution >= 0.6 is 0 Å². The Labute approximate surface area is 147 Å². The number of nitrogens with zero attached hydrogens (tertiary/aromatic N) is 1. The number of rotatable bonds is 6. The molecule has 1 aromatic heterocycles. The molecule has 25 heavy (non-hydrogen) atoms. The van der Waals surface area contributed by atoms with Crippen LogP contribution in [0.5, 0.6) is 0 Å². The number of hydrogen-bond acceptors (Lipinski definition) is 5. The number of carbonyl (C=O) groups is 1. The molecule has 6 nitrogen and oxygen atoms in total. The Balaban J connectivity index is 1.56. The maximum absolute atomic E-state index is 12.4. The summed E-state index contributed by atoms with van der Waals surface area (Å²) in [4.78, 5) is 12.4. The number of ether oxygens (including phenoxy) is 2. The van der Waals surface area contributed by atoms with Crippen molar-refractivity contribution in [2.75, 3.05) is 13.2 Å². The molecule has 6 heteroatoms. The van der Waals surface area contributed by atoms with Crippen LogP contribution in [-0.2, 0) is 27.3 Å². The van der Waals surface area contributed by atoms with Crippen molar-refractivity contribution in [3.05, 3.63) is 52.9 Å². The van der Waals surface area contributed by atoms with Crippen LogP contribution in [0.3, 0.4) is 0 Å². The summed E-state index contributed by atoms with van der Waals surface area (Å²) in [7, 11) is 0. The van der Waals surface area contributed by atoms with Gasteiger partial charge in [0, 0.05) is 12.2 Å². The third-order valence-corrected chi connectivity index (χ3v) is 4.48. The van der Waals surface area contributed by atoms with E-state index in [4.69, 9.17) is 14.0 Å². The molecule has 0 aliphatic carbocycles. The zero-order valence-electron chi connectivity index (χ0n) is 14.7. The fourth-order valence-electron chi connectivity index (χ4n) is 2.99. The van der Waals surface area contributed by atoms with Gasteiger partial charge in [-0.2, -0.15) is 0 Å². The van der Waals surface area contributed by atoms with Crippen LogP contribution in [-0.4, -0.2) is 36.4 Å². The summed E-state index contributed by atoms with van der Waals surface area (Å²) >= 11 is 0. The molecular weight excluding hydrogens is 320 g/mol. The average molecular weight is 344 g/mol. The second-order valence-corrected chi connectivity index (χ2v) is 6.35. The average Bonchev–Trinajstić information content (AvgIpc) is 2.94. The molecular formula is C19H24N2O4. The normalized spacial score (nSPS) is 20.4. The van der Waals surface area contributed by atoms with Crippen LogP contribution in [0, 0.1) is 13.8 Å². The van der Waals surface area contributed by atoms with Gasteiger partial charge in [0.05, 0.1) is 31.4 Å². The van der Waals surface area contributed by atoms with Crippen LogP contribution in [0.2, 0.25) is 0 Å². The van der Waals surface area contributed by atoms with Gasteiger partial charge in [-0.05, 0) is 25.8 Å². The summed E-state index contributed by atoms with van der Waals surface area (Å²) in [6.07, 6.45) is 0.860. The lowest BCUT2D eigenvalue weighted by Crippen LogP contribution is -2.50. The fraction of sp³-hybridized carbons (Fsp3) is 0.474. The summed E-state index contributed by atoms with van der Waals surface area (Å²) in [5, 5.41) is 6.98. The predicted octanol–water partition coefficient (Wildman–Crippen LogP) is 2.32. The van der Waals surface area contributed by atoms with E-state index in [0.717, 1.165) is 23.2 Å². The summed E-state index contributed by atoms with van der Waals surface area (Å²) in [6, 6.07) is 9.94. The number of amides is 1. The molecule has 1 aliphatic heterocycles. The smallest absolute Gasteiger partial charge is 0.224 e. The topological polar surface area (TPSA) is 73.6 Å². The molecule has 1 saturated heterocycles. The zero-order chi connectivity index (χ0) is 17.6. The third kappa shape index (κ3) is 4.67. The first-order valence-electron chi connectivity index (χ1n) is 8.58.